The third-order valence-electron chi connectivity index (χ3n) is 3.75. The topological polar surface area (TPSA) is 44.1 Å². The monoisotopic (exact) mass is 254 g/mol. The number of Topliss-reactive ketones (excluding diaryl/α,β-unsaturated/α-hetero) is 1. The Bertz CT molecular complexity index is 605. The highest BCUT2D eigenvalue weighted by atomic mass is 16.1. The molecule has 1 aliphatic heterocycles. The SMILES string of the molecule is CCN1C(=C(C#N)C(C)=O)C(C)(C)c2ccccc21. The number of rotatable bonds is 2. The summed E-state index contributed by atoms with van der Waals surface area (Å²) < 4.78 is 0. The van der Waals surface area contributed by atoms with Crippen LogP contribution in [-0.4, -0.2) is 12.3 Å². The van der Waals surface area contributed by atoms with Gasteiger partial charge in [-0.25, -0.2) is 0 Å². The lowest BCUT2D eigenvalue weighted by atomic mass is 9.81. The summed E-state index contributed by atoms with van der Waals surface area (Å²) in [4.78, 5) is 13.8. The first-order valence-corrected chi connectivity index (χ1v) is 6.48. The van der Waals surface area contributed by atoms with Crippen LogP contribution in [0.2, 0.25) is 0 Å². The highest BCUT2D eigenvalue weighted by Crippen LogP contribution is 2.48. The largest absolute Gasteiger partial charge is 0.343 e. The summed E-state index contributed by atoms with van der Waals surface area (Å²) in [5, 5.41) is 9.33. The van der Waals surface area contributed by atoms with Crippen molar-refractivity contribution < 1.29 is 4.79 Å². The van der Waals surface area contributed by atoms with E-state index in [1.165, 1.54) is 12.5 Å². The number of allylic oxidation sites excluding steroid dienone is 2. The van der Waals surface area contributed by atoms with Gasteiger partial charge in [0.2, 0.25) is 0 Å². The van der Waals surface area contributed by atoms with E-state index in [0.29, 0.717) is 0 Å². The van der Waals surface area contributed by atoms with Gasteiger partial charge in [-0.1, -0.05) is 32.0 Å². The lowest BCUT2D eigenvalue weighted by molar-refractivity contribution is -0.113. The average Bonchev–Trinajstić information content (AvgIpc) is 2.60. The fourth-order valence-corrected chi connectivity index (χ4v) is 2.90. The second kappa shape index (κ2) is 4.55. The minimum absolute atomic E-state index is 0.170. The van der Waals surface area contributed by atoms with Crippen LogP contribution in [0.3, 0.4) is 0 Å². The van der Waals surface area contributed by atoms with Gasteiger partial charge in [-0.15, -0.1) is 0 Å². The van der Waals surface area contributed by atoms with Crippen molar-refractivity contribution in [2.24, 2.45) is 0 Å². The molecule has 19 heavy (non-hydrogen) atoms. The van der Waals surface area contributed by atoms with E-state index < -0.39 is 0 Å². The molecule has 0 saturated carbocycles. The van der Waals surface area contributed by atoms with Gasteiger partial charge in [0.05, 0.1) is 0 Å². The van der Waals surface area contributed by atoms with Crippen LogP contribution in [0, 0.1) is 11.3 Å². The van der Waals surface area contributed by atoms with E-state index in [0.717, 1.165) is 17.9 Å². The molecule has 0 saturated heterocycles. The predicted octanol–water partition coefficient (Wildman–Crippen LogP) is 3.17. The third-order valence-corrected chi connectivity index (χ3v) is 3.75. The molecule has 0 spiro atoms. The number of hydrogen-bond donors (Lipinski definition) is 0. The molecular formula is C16H18N2O. The minimum Gasteiger partial charge on any atom is -0.343 e. The van der Waals surface area contributed by atoms with Gasteiger partial charge < -0.3 is 4.90 Å². The molecule has 1 aromatic carbocycles. The number of nitriles is 1. The maximum Gasteiger partial charge on any atom is 0.172 e. The van der Waals surface area contributed by atoms with Crippen molar-refractivity contribution in [2.75, 3.05) is 11.4 Å². The van der Waals surface area contributed by atoms with Crippen LogP contribution < -0.4 is 4.90 Å². The third kappa shape index (κ3) is 1.84. The summed E-state index contributed by atoms with van der Waals surface area (Å²) in [5.41, 5.74) is 3.04. The van der Waals surface area contributed by atoms with Crippen molar-refractivity contribution in [1.82, 2.24) is 0 Å². The number of likely N-dealkylation sites (N-methyl/N-ethyl adjacent to an activating group) is 1. The van der Waals surface area contributed by atoms with E-state index in [9.17, 15) is 10.1 Å². The average molecular weight is 254 g/mol. The number of hydrogen-bond acceptors (Lipinski definition) is 3. The first-order valence-electron chi connectivity index (χ1n) is 6.48. The fourth-order valence-electron chi connectivity index (χ4n) is 2.90. The summed E-state index contributed by atoms with van der Waals surface area (Å²) >= 11 is 0. The predicted molar refractivity (Wildman–Crippen MR) is 75.8 cm³/mol. The van der Waals surface area contributed by atoms with Crippen molar-refractivity contribution >= 4 is 11.5 Å². The second-order valence-electron chi connectivity index (χ2n) is 5.28. The molecule has 0 fully saturated rings. The second-order valence-corrected chi connectivity index (χ2v) is 5.28. The molecule has 0 N–H and O–H groups in total. The first-order chi connectivity index (χ1) is 8.95. The fraction of sp³-hybridized carbons (Fsp3) is 0.375. The number of fused-ring (bicyclic) bond motifs is 1. The number of anilines is 1. The van der Waals surface area contributed by atoms with E-state index >= 15 is 0 Å². The van der Waals surface area contributed by atoms with Crippen molar-refractivity contribution in [2.45, 2.75) is 33.1 Å². The van der Waals surface area contributed by atoms with Gasteiger partial charge in [0, 0.05) is 23.3 Å². The number of ketones is 1. The maximum absolute atomic E-state index is 11.8. The first kappa shape index (κ1) is 13.4. The van der Waals surface area contributed by atoms with Gasteiger partial charge in [0.1, 0.15) is 11.6 Å². The molecule has 0 aromatic heterocycles. The van der Waals surface area contributed by atoms with Gasteiger partial charge in [0.15, 0.2) is 5.78 Å². The number of carbonyl (C=O) groups is 1. The molecule has 0 amide bonds. The Hall–Kier alpha value is -2.08. The Morgan fingerprint density at radius 3 is 2.53 bits per heavy atom. The molecule has 2 rings (SSSR count). The van der Waals surface area contributed by atoms with Gasteiger partial charge in [-0.3, -0.25) is 4.79 Å². The Balaban J connectivity index is 2.79. The van der Waals surface area contributed by atoms with Crippen molar-refractivity contribution in [3.63, 3.8) is 0 Å². The van der Waals surface area contributed by atoms with Crippen LogP contribution in [0.25, 0.3) is 0 Å². The Labute approximate surface area is 114 Å². The smallest absolute Gasteiger partial charge is 0.172 e. The molecular weight excluding hydrogens is 236 g/mol. The van der Waals surface area contributed by atoms with E-state index in [2.05, 4.69) is 30.9 Å². The van der Waals surface area contributed by atoms with Crippen molar-refractivity contribution in [3.05, 3.63) is 41.1 Å². The summed E-state index contributed by atoms with van der Waals surface area (Å²) in [6.45, 7) is 8.37. The lowest BCUT2D eigenvalue weighted by Gasteiger charge is -2.27. The van der Waals surface area contributed by atoms with Gasteiger partial charge >= 0.3 is 0 Å². The minimum atomic E-state index is -0.316. The van der Waals surface area contributed by atoms with Gasteiger partial charge in [-0.05, 0) is 25.5 Å². The quantitative estimate of drug-likeness (QED) is 0.601. The maximum atomic E-state index is 11.8. The van der Waals surface area contributed by atoms with Crippen LogP contribution in [-0.2, 0) is 10.2 Å². The van der Waals surface area contributed by atoms with Crippen molar-refractivity contribution in [3.8, 4) is 6.07 Å². The molecule has 0 aliphatic carbocycles. The highest BCUT2D eigenvalue weighted by molar-refractivity contribution is 5.99. The number of nitrogens with zero attached hydrogens (tertiary/aromatic N) is 2. The molecule has 0 radical (unpaired) electrons. The Morgan fingerprint density at radius 1 is 1.37 bits per heavy atom. The Morgan fingerprint density at radius 2 is 2.00 bits per heavy atom. The molecule has 1 heterocycles. The molecule has 0 unspecified atom stereocenters. The number of benzene rings is 1. The lowest BCUT2D eigenvalue weighted by Crippen LogP contribution is -2.29. The summed E-state index contributed by atoms with van der Waals surface area (Å²) in [6.07, 6.45) is 0. The summed E-state index contributed by atoms with van der Waals surface area (Å²) in [6, 6.07) is 10.2. The molecule has 3 nitrogen and oxygen atoms in total. The Kier molecular flexibility index (Phi) is 3.20. The van der Waals surface area contributed by atoms with Crippen LogP contribution in [0.15, 0.2) is 35.5 Å². The summed E-state index contributed by atoms with van der Waals surface area (Å²) in [5.74, 6) is -0.170. The van der Waals surface area contributed by atoms with Crippen LogP contribution in [0.1, 0.15) is 33.3 Å². The van der Waals surface area contributed by atoms with E-state index in [1.54, 1.807) is 0 Å². The van der Waals surface area contributed by atoms with Crippen LogP contribution in [0.4, 0.5) is 5.69 Å². The zero-order chi connectivity index (χ0) is 14.2. The molecule has 0 atom stereocenters. The number of carbonyl (C=O) groups excluding carboxylic acids is 1. The molecule has 1 aromatic rings. The normalized spacial score (nSPS) is 18.8. The molecule has 98 valence electrons. The molecule has 0 bridgehead atoms. The van der Waals surface area contributed by atoms with E-state index in [1.807, 2.05) is 25.1 Å². The van der Waals surface area contributed by atoms with Crippen LogP contribution >= 0.6 is 0 Å². The van der Waals surface area contributed by atoms with E-state index in [-0.39, 0.29) is 16.8 Å². The number of para-hydroxylation sites is 1. The van der Waals surface area contributed by atoms with Gasteiger partial charge in [0.25, 0.3) is 0 Å². The highest BCUT2D eigenvalue weighted by Gasteiger charge is 2.42. The standard InChI is InChI=1S/C16H18N2O/c1-5-18-14-9-7-6-8-13(14)16(3,4)15(18)12(10-17)11(2)19/h6-9H,5H2,1-4H3. The summed E-state index contributed by atoms with van der Waals surface area (Å²) in [7, 11) is 0. The van der Waals surface area contributed by atoms with Crippen LogP contribution in [0.5, 0.6) is 0 Å². The molecule has 1 aliphatic rings. The zero-order valence-corrected chi connectivity index (χ0v) is 11.8. The van der Waals surface area contributed by atoms with Gasteiger partial charge in [-0.2, -0.15) is 5.26 Å². The molecule has 3 heteroatoms. The zero-order valence-electron chi connectivity index (χ0n) is 11.8. The van der Waals surface area contributed by atoms with E-state index in [4.69, 9.17) is 0 Å². The van der Waals surface area contributed by atoms with Crippen molar-refractivity contribution in [1.29, 1.82) is 5.26 Å².